The number of aromatic nitrogens is 2. The topological polar surface area (TPSA) is 84.2 Å². The van der Waals surface area contributed by atoms with Gasteiger partial charge in [-0.25, -0.2) is 4.79 Å². The van der Waals surface area contributed by atoms with Gasteiger partial charge in [-0.05, 0) is 36.2 Å². The van der Waals surface area contributed by atoms with Gasteiger partial charge in [0.25, 0.3) is 0 Å². The van der Waals surface area contributed by atoms with E-state index < -0.39 is 11.5 Å². The number of carboxylic acid groups (broad SMARTS) is 1. The molecule has 7 heteroatoms. The number of carboxylic acids is 1. The van der Waals surface area contributed by atoms with Gasteiger partial charge in [-0.1, -0.05) is 0 Å². The number of carbonyl (C=O) groups is 2. The number of aliphatic carboxylic acids is 1. The summed E-state index contributed by atoms with van der Waals surface area (Å²) in [6.07, 6.45) is 3.24. The molecule has 0 aliphatic heterocycles. The van der Waals surface area contributed by atoms with E-state index in [1.165, 1.54) is 28.4 Å². The molecule has 0 fully saturated rings. The van der Waals surface area contributed by atoms with Crippen molar-refractivity contribution in [2.24, 2.45) is 0 Å². The minimum Gasteiger partial charge on any atom is -0.479 e. The zero-order chi connectivity index (χ0) is 14.8. The van der Waals surface area contributed by atoms with Gasteiger partial charge in [0, 0.05) is 6.20 Å². The summed E-state index contributed by atoms with van der Waals surface area (Å²) in [5.74, 6) is -1.15. The Morgan fingerprint density at radius 3 is 2.85 bits per heavy atom. The van der Waals surface area contributed by atoms with Gasteiger partial charge >= 0.3 is 5.97 Å². The highest BCUT2D eigenvalue weighted by Gasteiger charge is 2.30. The lowest BCUT2D eigenvalue weighted by molar-refractivity contribution is -0.146. The van der Waals surface area contributed by atoms with E-state index in [4.69, 9.17) is 5.11 Å². The van der Waals surface area contributed by atoms with Crippen molar-refractivity contribution in [2.45, 2.75) is 25.8 Å². The van der Waals surface area contributed by atoms with Crippen LogP contribution in [0.15, 0.2) is 29.2 Å². The number of carbonyl (C=O) groups excluding carboxylic acids is 1. The summed E-state index contributed by atoms with van der Waals surface area (Å²) in [6, 6.07) is 1.89. The number of hydrogen-bond acceptors (Lipinski definition) is 4. The summed E-state index contributed by atoms with van der Waals surface area (Å²) in [7, 11) is 0. The van der Waals surface area contributed by atoms with Gasteiger partial charge in [0.15, 0.2) is 5.54 Å². The second kappa shape index (κ2) is 5.46. The molecule has 1 amide bonds. The molecular formula is C13H15N3O3S. The van der Waals surface area contributed by atoms with Crippen molar-refractivity contribution in [3.05, 3.63) is 34.8 Å². The Labute approximate surface area is 120 Å². The van der Waals surface area contributed by atoms with Crippen LogP contribution in [0.1, 0.15) is 19.4 Å². The first kappa shape index (κ1) is 14.3. The molecule has 0 aromatic carbocycles. The third-order valence-corrected chi connectivity index (χ3v) is 3.64. The molecule has 0 atom stereocenters. The Hall–Kier alpha value is -2.15. The maximum atomic E-state index is 11.8. The number of nitrogens with zero attached hydrogens (tertiary/aromatic N) is 2. The highest BCUT2D eigenvalue weighted by atomic mass is 32.1. The van der Waals surface area contributed by atoms with E-state index in [0.29, 0.717) is 5.69 Å². The van der Waals surface area contributed by atoms with Crippen LogP contribution < -0.4 is 5.32 Å². The molecule has 2 rings (SSSR count). The van der Waals surface area contributed by atoms with Gasteiger partial charge in [-0.3, -0.25) is 9.48 Å². The smallest absolute Gasteiger partial charge is 0.331 e. The molecule has 0 unspecified atom stereocenters. The number of anilines is 1. The van der Waals surface area contributed by atoms with Gasteiger partial charge in [0.05, 0.1) is 18.3 Å². The van der Waals surface area contributed by atoms with Crippen molar-refractivity contribution in [2.75, 3.05) is 5.32 Å². The molecule has 0 saturated heterocycles. The average molecular weight is 293 g/mol. The fourth-order valence-corrected chi connectivity index (χ4v) is 2.24. The molecule has 0 aliphatic carbocycles. The van der Waals surface area contributed by atoms with Crippen LogP contribution in [-0.4, -0.2) is 26.8 Å². The third kappa shape index (κ3) is 3.05. The molecule has 2 N–H and O–H groups in total. The SMILES string of the molecule is CC(C)(C(=O)O)n1cc(NC(=O)Cc2ccsc2)cn1. The largest absolute Gasteiger partial charge is 0.479 e. The van der Waals surface area contributed by atoms with Crippen LogP contribution in [0.2, 0.25) is 0 Å². The van der Waals surface area contributed by atoms with E-state index in [0.717, 1.165) is 5.56 Å². The Kier molecular flexibility index (Phi) is 3.89. The number of hydrogen-bond donors (Lipinski definition) is 2. The number of amides is 1. The summed E-state index contributed by atoms with van der Waals surface area (Å²) in [5, 5.41) is 19.6. The molecule has 0 radical (unpaired) electrons. The summed E-state index contributed by atoms with van der Waals surface area (Å²) in [4.78, 5) is 22.9. The molecular weight excluding hydrogens is 278 g/mol. The van der Waals surface area contributed by atoms with E-state index in [9.17, 15) is 9.59 Å². The van der Waals surface area contributed by atoms with E-state index in [1.807, 2.05) is 16.8 Å². The normalized spacial score (nSPS) is 11.3. The maximum Gasteiger partial charge on any atom is 0.331 e. The molecule has 106 valence electrons. The van der Waals surface area contributed by atoms with Crippen LogP contribution in [0.4, 0.5) is 5.69 Å². The summed E-state index contributed by atoms with van der Waals surface area (Å²) >= 11 is 1.54. The second-order valence-electron chi connectivity index (χ2n) is 4.89. The summed E-state index contributed by atoms with van der Waals surface area (Å²) < 4.78 is 1.32. The molecule has 2 aromatic heterocycles. The van der Waals surface area contributed by atoms with Gasteiger partial charge in [-0.2, -0.15) is 16.4 Å². The fourth-order valence-electron chi connectivity index (χ4n) is 1.57. The zero-order valence-electron chi connectivity index (χ0n) is 11.2. The third-order valence-electron chi connectivity index (χ3n) is 2.91. The standard InChI is InChI=1S/C13H15N3O3S/c1-13(2,12(18)19)16-7-10(6-14-16)15-11(17)5-9-3-4-20-8-9/h3-4,6-8H,5H2,1-2H3,(H,15,17)(H,18,19). The number of thiophene rings is 1. The lowest BCUT2D eigenvalue weighted by atomic mass is 10.1. The summed E-state index contributed by atoms with van der Waals surface area (Å²) in [5.41, 5.74) is 0.279. The van der Waals surface area contributed by atoms with Gasteiger partial charge < -0.3 is 10.4 Å². The maximum absolute atomic E-state index is 11.8. The highest BCUT2D eigenvalue weighted by molar-refractivity contribution is 7.08. The minimum absolute atomic E-state index is 0.156. The monoisotopic (exact) mass is 293 g/mol. The lowest BCUT2D eigenvalue weighted by Gasteiger charge is -2.19. The Morgan fingerprint density at radius 1 is 1.50 bits per heavy atom. The predicted octanol–water partition coefficient (Wildman–Crippen LogP) is 1.95. The van der Waals surface area contributed by atoms with Crippen molar-refractivity contribution in [1.29, 1.82) is 0 Å². The molecule has 6 nitrogen and oxygen atoms in total. The average Bonchev–Trinajstić information content (AvgIpc) is 3.00. The molecule has 2 aromatic rings. The minimum atomic E-state index is -1.16. The van der Waals surface area contributed by atoms with Crippen molar-refractivity contribution < 1.29 is 14.7 Å². The van der Waals surface area contributed by atoms with E-state index >= 15 is 0 Å². The predicted molar refractivity (Wildman–Crippen MR) is 75.8 cm³/mol. The Balaban J connectivity index is 2.03. The van der Waals surface area contributed by atoms with Crippen molar-refractivity contribution in [1.82, 2.24) is 9.78 Å². The number of nitrogens with one attached hydrogen (secondary N) is 1. The van der Waals surface area contributed by atoms with Crippen molar-refractivity contribution >= 4 is 28.9 Å². The Bertz CT molecular complexity index is 617. The van der Waals surface area contributed by atoms with Gasteiger partial charge in [0.1, 0.15) is 0 Å². The van der Waals surface area contributed by atoms with Crippen LogP contribution >= 0.6 is 11.3 Å². The van der Waals surface area contributed by atoms with E-state index in [-0.39, 0.29) is 12.3 Å². The fraction of sp³-hybridized carbons (Fsp3) is 0.308. The van der Waals surface area contributed by atoms with E-state index in [1.54, 1.807) is 13.8 Å². The molecule has 0 aliphatic rings. The zero-order valence-corrected chi connectivity index (χ0v) is 12.0. The first-order valence-corrected chi connectivity index (χ1v) is 6.93. The molecule has 20 heavy (non-hydrogen) atoms. The van der Waals surface area contributed by atoms with Crippen LogP contribution in [0.5, 0.6) is 0 Å². The molecule has 0 bridgehead atoms. The van der Waals surface area contributed by atoms with Crippen molar-refractivity contribution in [3.63, 3.8) is 0 Å². The lowest BCUT2D eigenvalue weighted by Crippen LogP contribution is -2.35. The molecule has 0 spiro atoms. The number of rotatable bonds is 5. The quantitative estimate of drug-likeness (QED) is 0.882. The van der Waals surface area contributed by atoms with Crippen LogP contribution in [0, 0.1) is 0 Å². The first-order valence-electron chi connectivity index (χ1n) is 5.99. The van der Waals surface area contributed by atoms with Crippen LogP contribution in [0.25, 0.3) is 0 Å². The van der Waals surface area contributed by atoms with Crippen LogP contribution in [-0.2, 0) is 21.5 Å². The summed E-state index contributed by atoms with van der Waals surface area (Å²) in [6.45, 7) is 3.08. The highest BCUT2D eigenvalue weighted by Crippen LogP contribution is 2.17. The van der Waals surface area contributed by atoms with Gasteiger partial charge in [0.2, 0.25) is 5.91 Å². The van der Waals surface area contributed by atoms with Crippen molar-refractivity contribution in [3.8, 4) is 0 Å². The molecule has 0 saturated carbocycles. The van der Waals surface area contributed by atoms with Gasteiger partial charge in [-0.15, -0.1) is 0 Å². The first-order chi connectivity index (χ1) is 9.39. The van der Waals surface area contributed by atoms with Crippen LogP contribution in [0.3, 0.4) is 0 Å². The second-order valence-corrected chi connectivity index (χ2v) is 5.67. The van der Waals surface area contributed by atoms with E-state index in [2.05, 4.69) is 10.4 Å². The molecule has 2 heterocycles. The Morgan fingerprint density at radius 2 is 2.25 bits per heavy atom.